The lowest BCUT2D eigenvalue weighted by Crippen LogP contribution is -2.10. The molecule has 0 saturated heterocycles. The van der Waals surface area contributed by atoms with Crippen molar-refractivity contribution in [3.8, 4) is 11.5 Å². The van der Waals surface area contributed by atoms with Crippen molar-refractivity contribution in [2.75, 3.05) is 13.2 Å². The third-order valence-electron chi connectivity index (χ3n) is 4.79. The number of rotatable bonds is 15. The summed E-state index contributed by atoms with van der Waals surface area (Å²) in [5.41, 5.74) is 13.1. The van der Waals surface area contributed by atoms with Crippen LogP contribution in [0.25, 0.3) is 0 Å². The summed E-state index contributed by atoms with van der Waals surface area (Å²) in [6.45, 7) is 1.44. The van der Waals surface area contributed by atoms with E-state index in [0.29, 0.717) is 12.8 Å². The third-order valence-corrected chi connectivity index (χ3v) is 4.79. The van der Waals surface area contributed by atoms with Crippen LogP contribution in [0.5, 0.6) is 11.5 Å². The molecule has 31 heavy (non-hydrogen) atoms. The molecule has 2 aromatic carbocycles. The molecule has 0 spiro atoms. The van der Waals surface area contributed by atoms with E-state index >= 15 is 0 Å². The predicted octanol–water partition coefficient (Wildman–Crippen LogP) is 4.86. The van der Waals surface area contributed by atoms with Gasteiger partial charge in [-0.05, 0) is 73.9 Å². The Morgan fingerprint density at radius 2 is 0.968 bits per heavy atom. The summed E-state index contributed by atoms with van der Waals surface area (Å²) in [6.07, 6.45) is 7.05. The summed E-state index contributed by atoms with van der Waals surface area (Å²) in [4.78, 5) is 0. The number of nitrogens with one attached hydrogen (secondary N) is 2. The second-order valence-corrected chi connectivity index (χ2v) is 7.45. The molecule has 0 aliphatic carbocycles. The molecule has 7 heteroatoms. The van der Waals surface area contributed by atoms with Gasteiger partial charge in [0.05, 0.1) is 24.9 Å². The van der Waals surface area contributed by atoms with Gasteiger partial charge in [-0.2, -0.15) is 0 Å². The van der Waals surface area contributed by atoms with Gasteiger partial charge in [-0.25, -0.2) is 0 Å². The summed E-state index contributed by atoms with van der Waals surface area (Å²) in [6, 6.07) is 16.1. The molecule has 0 amide bonds. The fourth-order valence-corrected chi connectivity index (χ4v) is 3.00. The molecule has 0 aliphatic heterocycles. The lowest BCUT2D eigenvalue weighted by molar-refractivity contribution is 0.287. The highest BCUT2D eigenvalue weighted by molar-refractivity contribution is 5.85. The molecule has 2 aromatic rings. The summed E-state index contributed by atoms with van der Waals surface area (Å²) in [7, 11) is 0. The minimum absolute atomic E-state index is 0. The zero-order chi connectivity index (χ0) is 21.6. The highest BCUT2D eigenvalue weighted by atomic mass is 35.5. The maximum atomic E-state index is 7.27. The van der Waals surface area contributed by atoms with Crippen LogP contribution in [0, 0.1) is 10.8 Å². The van der Waals surface area contributed by atoms with Crippen molar-refractivity contribution in [2.45, 2.75) is 51.4 Å². The van der Waals surface area contributed by atoms with Crippen molar-refractivity contribution in [1.29, 1.82) is 10.8 Å². The van der Waals surface area contributed by atoms with E-state index in [0.717, 1.165) is 63.2 Å². The van der Waals surface area contributed by atoms with Gasteiger partial charge in [-0.1, -0.05) is 24.3 Å². The summed E-state index contributed by atoms with van der Waals surface area (Å²) in [5.74, 6) is 2.22. The first-order valence-corrected chi connectivity index (χ1v) is 10.6. The van der Waals surface area contributed by atoms with Gasteiger partial charge >= 0.3 is 0 Å². The van der Waals surface area contributed by atoms with E-state index in [2.05, 4.69) is 0 Å². The average Bonchev–Trinajstić information content (AvgIpc) is 2.74. The van der Waals surface area contributed by atoms with E-state index in [1.165, 1.54) is 11.1 Å². The van der Waals surface area contributed by atoms with E-state index in [9.17, 15) is 0 Å². The minimum atomic E-state index is 0. The van der Waals surface area contributed by atoms with Gasteiger partial charge in [0, 0.05) is 12.8 Å². The molecule has 0 bridgehead atoms. The second kappa shape index (κ2) is 15.1. The molecule has 170 valence electrons. The van der Waals surface area contributed by atoms with Crippen LogP contribution in [-0.2, 0) is 12.8 Å². The highest BCUT2D eigenvalue weighted by Crippen LogP contribution is 2.15. The maximum Gasteiger partial charge on any atom is 0.119 e. The van der Waals surface area contributed by atoms with E-state index in [1.807, 2.05) is 48.5 Å². The van der Waals surface area contributed by atoms with Crippen molar-refractivity contribution in [3.63, 3.8) is 0 Å². The molecule has 0 saturated carbocycles. The molecule has 0 unspecified atom stereocenters. The van der Waals surface area contributed by atoms with Crippen LogP contribution in [-0.4, -0.2) is 24.9 Å². The molecule has 0 aliphatic rings. The summed E-state index contributed by atoms with van der Waals surface area (Å²) < 4.78 is 11.6. The molecule has 0 fully saturated rings. The number of hydrogen-bond donors (Lipinski definition) is 4. The SMILES string of the molecule is Cl.N=C(N)CCc1ccc(OCCCCCCOc2ccc(CCC(=N)N)cc2)cc1. The number of ether oxygens (including phenoxy) is 2. The number of nitrogens with two attached hydrogens (primary N) is 2. The van der Waals surface area contributed by atoms with E-state index in [1.54, 1.807) is 0 Å². The van der Waals surface area contributed by atoms with Crippen molar-refractivity contribution >= 4 is 24.1 Å². The molecular formula is C24H35ClN4O2. The van der Waals surface area contributed by atoms with Crippen LogP contribution in [0.1, 0.15) is 49.7 Å². The standard InChI is InChI=1S/C24H34N4O2.ClH/c25-23(26)15-9-19-5-11-21(12-6-19)29-17-3-1-2-4-18-30-22-13-7-20(8-14-22)10-16-24(27)28;/h5-8,11-14H,1-4,9-10,15-18H2,(H3,25,26)(H3,27,28);1H. The van der Waals surface area contributed by atoms with Crippen LogP contribution in [0.15, 0.2) is 48.5 Å². The number of halogens is 1. The Labute approximate surface area is 191 Å². The molecule has 0 atom stereocenters. The van der Waals surface area contributed by atoms with E-state index in [-0.39, 0.29) is 24.1 Å². The predicted molar refractivity (Wildman–Crippen MR) is 130 cm³/mol. The second-order valence-electron chi connectivity index (χ2n) is 7.45. The van der Waals surface area contributed by atoms with Gasteiger partial charge in [0.25, 0.3) is 0 Å². The largest absolute Gasteiger partial charge is 0.494 e. The molecule has 0 radical (unpaired) electrons. The van der Waals surface area contributed by atoms with Crippen LogP contribution < -0.4 is 20.9 Å². The number of benzene rings is 2. The topological polar surface area (TPSA) is 118 Å². The lowest BCUT2D eigenvalue weighted by Gasteiger charge is -2.08. The fourth-order valence-electron chi connectivity index (χ4n) is 3.00. The van der Waals surface area contributed by atoms with Crippen LogP contribution in [0.4, 0.5) is 0 Å². The van der Waals surface area contributed by atoms with Crippen molar-refractivity contribution < 1.29 is 9.47 Å². The maximum absolute atomic E-state index is 7.27. The first-order valence-electron chi connectivity index (χ1n) is 10.6. The van der Waals surface area contributed by atoms with E-state index in [4.69, 9.17) is 31.8 Å². The van der Waals surface area contributed by atoms with Crippen molar-refractivity contribution in [1.82, 2.24) is 0 Å². The number of hydrogen-bond acceptors (Lipinski definition) is 4. The van der Waals surface area contributed by atoms with E-state index < -0.39 is 0 Å². The minimum Gasteiger partial charge on any atom is -0.494 e. The fraction of sp³-hybridized carbons (Fsp3) is 0.417. The van der Waals surface area contributed by atoms with Gasteiger partial charge in [0.1, 0.15) is 11.5 Å². The van der Waals surface area contributed by atoms with Crippen LogP contribution >= 0.6 is 12.4 Å². The highest BCUT2D eigenvalue weighted by Gasteiger charge is 2.00. The normalized spacial score (nSPS) is 10.2. The molecule has 0 aromatic heterocycles. The zero-order valence-electron chi connectivity index (χ0n) is 18.1. The zero-order valence-corrected chi connectivity index (χ0v) is 18.9. The quantitative estimate of drug-likeness (QED) is 0.177. The Bertz CT molecular complexity index is 712. The Morgan fingerprint density at radius 3 is 1.29 bits per heavy atom. The number of amidine groups is 2. The van der Waals surface area contributed by atoms with Crippen molar-refractivity contribution in [2.24, 2.45) is 11.5 Å². The van der Waals surface area contributed by atoms with Crippen LogP contribution in [0.3, 0.4) is 0 Å². The molecule has 2 rings (SSSR count). The summed E-state index contributed by atoms with van der Waals surface area (Å²) in [5, 5.41) is 14.5. The first kappa shape index (κ1) is 26.3. The third kappa shape index (κ3) is 11.9. The van der Waals surface area contributed by atoms with Gasteiger partial charge in [-0.15, -0.1) is 12.4 Å². The van der Waals surface area contributed by atoms with Crippen molar-refractivity contribution in [3.05, 3.63) is 59.7 Å². The summed E-state index contributed by atoms with van der Waals surface area (Å²) >= 11 is 0. The molecule has 6 N–H and O–H groups in total. The Morgan fingerprint density at radius 1 is 0.613 bits per heavy atom. The Hall–Kier alpha value is -2.73. The lowest BCUT2D eigenvalue weighted by atomic mass is 10.1. The van der Waals surface area contributed by atoms with Gasteiger partial charge in [0.2, 0.25) is 0 Å². The number of unbranched alkanes of at least 4 members (excludes halogenated alkanes) is 3. The first-order chi connectivity index (χ1) is 14.5. The van der Waals surface area contributed by atoms with Crippen LogP contribution in [0.2, 0.25) is 0 Å². The average molecular weight is 447 g/mol. The Kier molecular flexibility index (Phi) is 12.8. The number of aryl methyl sites for hydroxylation is 2. The van der Waals surface area contributed by atoms with Gasteiger partial charge < -0.3 is 20.9 Å². The molecule has 0 heterocycles. The smallest absolute Gasteiger partial charge is 0.119 e. The molecule has 6 nitrogen and oxygen atoms in total. The monoisotopic (exact) mass is 446 g/mol. The van der Waals surface area contributed by atoms with Gasteiger partial charge in [-0.3, -0.25) is 10.8 Å². The van der Waals surface area contributed by atoms with Gasteiger partial charge in [0.15, 0.2) is 0 Å². The Balaban J connectivity index is 0.00000480. The molecular weight excluding hydrogens is 412 g/mol.